The number of amides is 3. The molecule has 1 saturated heterocycles. The number of ether oxygens (including phenoxy) is 2. The quantitative estimate of drug-likeness (QED) is 0.230. The minimum Gasteiger partial charge on any atom is -0.433 e. The molecule has 0 spiro atoms. The number of nitrogens with one attached hydrogen (secondary N) is 3. The Labute approximate surface area is 249 Å². The van der Waals surface area contributed by atoms with Gasteiger partial charge in [0.2, 0.25) is 18.1 Å². The van der Waals surface area contributed by atoms with E-state index < -0.39 is 42.1 Å². The Morgan fingerprint density at radius 1 is 1.02 bits per heavy atom. The average Bonchev–Trinajstić information content (AvgIpc) is 3.28. The van der Waals surface area contributed by atoms with Crippen LogP contribution < -0.4 is 16.0 Å². The average molecular weight is 586 g/mol. The number of nitrogens with zero attached hydrogens (tertiary/aromatic N) is 2. The lowest BCUT2D eigenvalue weighted by Gasteiger charge is -2.26. The van der Waals surface area contributed by atoms with Crippen molar-refractivity contribution in [2.75, 3.05) is 26.2 Å². The number of fused-ring (bicyclic) bond motifs is 1. The van der Waals surface area contributed by atoms with Crippen LogP contribution >= 0.6 is 0 Å². The highest BCUT2D eigenvalue weighted by atomic mass is 16.7. The Balaban J connectivity index is 1.30. The fourth-order valence-corrected chi connectivity index (χ4v) is 5.26. The molecule has 3 atom stereocenters. The second kappa shape index (κ2) is 14.0. The van der Waals surface area contributed by atoms with E-state index in [1.54, 1.807) is 13.1 Å². The summed E-state index contributed by atoms with van der Waals surface area (Å²) in [5, 5.41) is 10.6. The molecule has 5 rings (SSSR count). The molecule has 2 aliphatic heterocycles. The third-order valence-corrected chi connectivity index (χ3v) is 7.34. The zero-order valence-electron chi connectivity index (χ0n) is 24.0. The highest BCUT2D eigenvalue weighted by molar-refractivity contribution is 6.06. The van der Waals surface area contributed by atoms with E-state index in [0.29, 0.717) is 25.1 Å². The second-order valence-electron chi connectivity index (χ2n) is 10.5. The molecule has 1 fully saturated rings. The van der Waals surface area contributed by atoms with Crippen LogP contribution in [0.25, 0.3) is 10.8 Å². The molecule has 3 heterocycles. The number of pyridine rings is 1. The van der Waals surface area contributed by atoms with Crippen LogP contribution in [0, 0.1) is 0 Å². The molecule has 11 heteroatoms. The van der Waals surface area contributed by atoms with Crippen LogP contribution in [0.5, 0.6) is 0 Å². The fraction of sp³-hybridized carbons (Fsp3) is 0.344. The van der Waals surface area contributed by atoms with Crippen molar-refractivity contribution < 1.29 is 28.7 Å². The monoisotopic (exact) mass is 585 g/mol. The van der Waals surface area contributed by atoms with E-state index in [1.807, 2.05) is 66.7 Å². The maximum absolute atomic E-state index is 13.8. The van der Waals surface area contributed by atoms with Crippen LogP contribution in [0.15, 0.2) is 78.5 Å². The van der Waals surface area contributed by atoms with Gasteiger partial charge in [-0.25, -0.2) is 0 Å². The SMILES string of the molecule is CCOC1OC(=O)CC1NC(=O)CN1CC(CNCc2ccccc2)=CC[C@H](NC(=O)c2nccc3ccccc23)C1=O. The van der Waals surface area contributed by atoms with Crippen LogP contribution in [0.3, 0.4) is 0 Å². The largest absolute Gasteiger partial charge is 0.433 e. The molecule has 224 valence electrons. The van der Waals surface area contributed by atoms with Crippen LogP contribution in [-0.4, -0.2) is 78.2 Å². The van der Waals surface area contributed by atoms with E-state index in [2.05, 4.69) is 20.9 Å². The molecule has 0 saturated carbocycles. The van der Waals surface area contributed by atoms with Gasteiger partial charge in [0, 0.05) is 37.8 Å². The first kappa shape index (κ1) is 29.9. The molecular formula is C32H35N5O6. The van der Waals surface area contributed by atoms with Crippen LogP contribution in [0.4, 0.5) is 0 Å². The van der Waals surface area contributed by atoms with Crippen molar-refractivity contribution in [2.24, 2.45) is 0 Å². The van der Waals surface area contributed by atoms with Crippen molar-refractivity contribution in [2.45, 2.75) is 44.7 Å². The van der Waals surface area contributed by atoms with E-state index in [1.165, 1.54) is 4.90 Å². The summed E-state index contributed by atoms with van der Waals surface area (Å²) in [5.41, 5.74) is 2.25. The lowest BCUT2D eigenvalue weighted by Crippen LogP contribution is -2.52. The van der Waals surface area contributed by atoms with Gasteiger partial charge in [0.15, 0.2) is 0 Å². The molecular weight excluding hydrogens is 550 g/mol. The lowest BCUT2D eigenvalue weighted by atomic mass is 10.1. The van der Waals surface area contributed by atoms with Gasteiger partial charge in [-0.1, -0.05) is 60.7 Å². The lowest BCUT2D eigenvalue weighted by molar-refractivity contribution is -0.164. The zero-order chi connectivity index (χ0) is 30.2. The van der Waals surface area contributed by atoms with Crippen molar-refractivity contribution in [3.05, 3.63) is 89.8 Å². The Morgan fingerprint density at radius 3 is 2.63 bits per heavy atom. The Morgan fingerprint density at radius 2 is 1.81 bits per heavy atom. The number of hydrogen-bond donors (Lipinski definition) is 3. The van der Waals surface area contributed by atoms with Gasteiger partial charge >= 0.3 is 5.97 Å². The molecule has 1 aromatic heterocycles. The highest BCUT2D eigenvalue weighted by Gasteiger charge is 2.37. The number of carbonyl (C=O) groups excluding carboxylic acids is 4. The first-order valence-electron chi connectivity index (χ1n) is 14.4. The first-order chi connectivity index (χ1) is 20.9. The van der Waals surface area contributed by atoms with Gasteiger partial charge in [0.05, 0.1) is 13.0 Å². The maximum atomic E-state index is 13.8. The summed E-state index contributed by atoms with van der Waals surface area (Å²) in [6, 6.07) is 17.6. The summed E-state index contributed by atoms with van der Waals surface area (Å²) in [7, 11) is 0. The molecule has 2 aliphatic rings. The highest BCUT2D eigenvalue weighted by Crippen LogP contribution is 2.19. The summed E-state index contributed by atoms with van der Waals surface area (Å²) >= 11 is 0. The Bertz CT molecular complexity index is 1510. The summed E-state index contributed by atoms with van der Waals surface area (Å²) in [6.45, 7) is 3.13. The summed E-state index contributed by atoms with van der Waals surface area (Å²) in [5.74, 6) is -1.78. The first-order valence-corrected chi connectivity index (χ1v) is 14.4. The van der Waals surface area contributed by atoms with Gasteiger partial charge < -0.3 is 30.3 Å². The van der Waals surface area contributed by atoms with Crippen molar-refractivity contribution >= 4 is 34.5 Å². The predicted molar refractivity (Wildman–Crippen MR) is 158 cm³/mol. The van der Waals surface area contributed by atoms with E-state index in [0.717, 1.165) is 16.5 Å². The molecule has 43 heavy (non-hydrogen) atoms. The topological polar surface area (TPSA) is 139 Å². The summed E-state index contributed by atoms with van der Waals surface area (Å²) in [6.07, 6.45) is 2.86. The molecule has 0 aliphatic carbocycles. The zero-order valence-corrected chi connectivity index (χ0v) is 24.0. The molecule has 11 nitrogen and oxygen atoms in total. The predicted octanol–water partition coefficient (Wildman–Crippen LogP) is 2.08. The molecule has 0 bridgehead atoms. The van der Waals surface area contributed by atoms with Crippen LogP contribution in [0.2, 0.25) is 0 Å². The van der Waals surface area contributed by atoms with Gasteiger partial charge in [0.25, 0.3) is 5.91 Å². The third-order valence-electron chi connectivity index (χ3n) is 7.34. The standard InChI is InChI=1S/C32H35N5O6/c1-2-42-32-26(16-28(39)43-32)35-27(38)20-37-19-22(18-33-17-21-8-4-3-5-9-21)12-13-25(31(37)41)36-30(40)29-24-11-7-6-10-23(24)14-15-34-29/h3-12,14-15,25-26,32-33H,2,13,16-20H2,1H3,(H,35,38)(H,36,40)/t25-,26?,32?/m0/s1. The normalized spacial score (nSPS) is 20.3. The molecule has 3 amide bonds. The minimum atomic E-state index is -0.903. The summed E-state index contributed by atoms with van der Waals surface area (Å²) in [4.78, 5) is 57.8. The van der Waals surface area contributed by atoms with Crippen molar-refractivity contribution in [3.8, 4) is 0 Å². The second-order valence-corrected chi connectivity index (χ2v) is 10.5. The van der Waals surface area contributed by atoms with E-state index in [4.69, 9.17) is 9.47 Å². The van der Waals surface area contributed by atoms with Gasteiger partial charge in [0.1, 0.15) is 17.8 Å². The van der Waals surface area contributed by atoms with E-state index in [-0.39, 0.29) is 31.6 Å². The van der Waals surface area contributed by atoms with Crippen molar-refractivity contribution in [1.29, 1.82) is 0 Å². The maximum Gasteiger partial charge on any atom is 0.310 e. The van der Waals surface area contributed by atoms with E-state index in [9.17, 15) is 19.2 Å². The Hall–Kier alpha value is -4.61. The fourth-order valence-electron chi connectivity index (χ4n) is 5.26. The number of cyclic esters (lactones) is 1. The number of rotatable bonds is 11. The minimum absolute atomic E-state index is 0.0182. The van der Waals surface area contributed by atoms with Crippen molar-refractivity contribution in [3.63, 3.8) is 0 Å². The molecule has 3 N–H and O–H groups in total. The number of hydrogen-bond acceptors (Lipinski definition) is 8. The van der Waals surface area contributed by atoms with Crippen LogP contribution in [-0.2, 0) is 30.4 Å². The smallest absolute Gasteiger partial charge is 0.310 e. The Kier molecular flexibility index (Phi) is 9.75. The van der Waals surface area contributed by atoms with Gasteiger partial charge in [-0.2, -0.15) is 0 Å². The third kappa shape index (κ3) is 7.62. The number of aromatic nitrogens is 1. The molecule has 2 unspecified atom stereocenters. The van der Waals surface area contributed by atoms with Gasteiger partial charge in [-0.15, -0.1) is 0 Å². The number of esters is 1. The van der Waals surface area contributed by atoms with Gasteiger partial charge in [-0.05, 0) is 35.9 Å². The number of carbonyl (C=O) groups is 4. The summed E-state index contributed by atoms with van der Waals surface area (Å²) < 4.78 is 10.6. The van der Waals surface area contributed by atoms with E-state index >= 15 is 0 Å². The van der Waals surface area contributed by atoms with Gasteiger partial charge in [-0.3, -0.25) is 24.2 Å². The number of benzene rings is 2. The molecule has 0 radical (unpaired) electrons. The molecule has 3 aromatic rings. The molecule has 2 aromatic carbocycles. The van der Waals surface area contributed by atoms with Crippen molar-refractivity contribution in [1.82, 2.24) is 25.8 Å². The van der Waals surface area contributed by atoms with Crippen LogP contribution in [0.1, 0.15) is 35.8 Å².